The third-order valence-corrected chi connectivity index (χ3v) is 0. The van der Waals surface area contributed by atoms with Crippen molar-refractivity contribution >= 4 is 0 Å². The maximum atomic E-state index is 8.25. The van der Waals surface area contributed by atoms with Crippen LogP contribution in [0, 0.1) is 46.0 Å². The summed E-state index contributed by atoms with van der Waals surface area (Å²) in [6.07, 6.45) is 0. The molecule has 0 unspecified atom stereocenters. The second-order valence-corrected chi connectivity index (χ2v) is 0.671. The minimum atomic E-state index is -1.75. The fraction of sp³-hybridized carbons (Fsp3) is 0. The summed E-state index contributed by atoms with van der Waals surface area (Å²) < 4.78 is 0. The number of hydrogen-bond donors (Lipinski definition) is 0. The molecular weight excluding hydrogens is 331 g/mol. The molecule has 0 heterocycles. The second kappa shape index (κ2) is 38.0. The molecule has 0 aliphatic heterocycles. The fourth-order valence-corrected chi connectivity index (χ4v) is 0. The molecule has 16 heavy (non-hydrogen) atoms. The monoisotopic (exact) mass is 337 g/mol. The number of nitrogens with zero attached hydrogens (tertiary/aromatic N) is 3. The molecule has 15 nitrogen and oxygen atoms in total. The van der Waals surface area contributed by atoms with Crippen LogP contribution in [0.25, 0.3) is 18.5 Å². The van der Waals surface area contributed by atoms with Gasteiger partial charge in [0.25, 0.3) is 0 Å². The van der Waals surface area contributed by atoms with E-state index < -0.39 is 15.3 Å². The Labute approximate surface area is 99.9 Å². The summed E-state index contributed by atoms with van der Waals surface area (Å²) in [5.41, 5.74) is 0. The van der Waals surface area contributed by atoms with Crippen molar-refractivity contribution in [2.24, 2.45) is 0 Å². The van der Waals surface area contributed by atoms with Gasteiger partial charge in [0, 0.05) is 0 Å². The van der Waals surface area contributed by atoms with Crippen LogP contribution in [-0.4, -0.2) is 15.3 Å². The van der Waals surface area contributed by atoms with Crippen molar-refractivity contribution < 1.29 is 34.7 Å². The molecule has 0 aliphatic rings. The normalized spacial score (nSPS) is 4.50. The first-order valence-corrected chi connectivity index (χ1v) is 1.64. The Morgan fingerprint density at radius 1 is 0.500 bits per heavy atom. The van der Waals surface area contributed by atoms with Crippen LogP contribution in [-0.2, 0) is 19.5 Å². The van der Waals surface area contributed by atoms with Crippen LogP contribution in [0.3, 0.4) is 0 Å². The maximum Gasteiger partial charge on any atom is 3.00 e. The molecule has 0 aliphatic carbocycles. The van der Waals surface area contributed by atoms with Gasteiger partial charge in [-0.05, 0) is 0 Å². The average molecular weight is 337 g/mol. The standard InChI is InChI=1S/3NO3.3H2N.Rh/c3*2-1(3)4;;;;/h;;;3*1H2;/q6*-1;+3. The molecule has 6 N–H and O–H groups in total. The predicted octanol–water partition coefficient (Wildman–Crippen LogP) is 1.43. The van der Waals surface area contributed by atoms with E-state index in [1.54, 1.807) is 0 Å². The van der Waals surface area contributed by atoms with Gasteiger partial charge in [0.2, 0.25) is 0 Å². The second-order valence-electron chi connectivity index (χ2n) is 0.671. The summed E-state index contributed by atoms with van der Waals surface area (Å²) in [7, 11) is 0. The van der Waals surface area contributed by atoms with E-state index in [2.05, 4.69) is 0 Å². The molecule has 0 amide bonds. The van der Waals surface area contributed by atoms with Crippen molar-refractivity contribution in [3.05, 3.63) is 64.4 Å². The van der Waals surface area contributed by atoms with E-state index in [-0.39, 0.29) is 37.9 Å². The summed E-state index contributed by atoms with van der Waals surface area (Å²) in [4.78, 5) is 24.8. The van der Waals surface area contributed by atoms with E-state index in [1.165, 1.54) is 0 Å². The quantitative estimate of drug-likeness (QED) is 0.349. The van der Waals surface area contributed by atoms with Crippen molar-refractivity contribution in [3.8, 4) is 0 Å². The number of rotatable bonds is 0. The van der Waals surface area contributed by atoms with Gasteiger partial charge >= 0.3 is 19.5 Å². The zero-order valence-corrected chi connectivity index (χ0v) is 8.72. The van der Waals surface area contributed by atoms with Crippen LogP contribution in [0.5, 0.6) is 0 Å². The molecule has 0 aromatic carbocycles. The van der Waals surface area contributed by atoms with Crippen LogP contribution in [0.1, 0.15) is 0 Å². The molecule has 0 radical (unpaired) electrons. The van der Waals surface area contributed by atoms with Gasteiger partial charge in [-0.2, -0.15) is 0 Å². The van der Waals surface area contributed by atoms with E-state index in [1.807, 2.05) is 0 Å². The molecule has 102 valence electrons. The summed E-state index contributed by atoms with van der Waals surface area (Å²) in [6, 6.07) is 0. The van der Waals surface area contributed by atoms with Crippen molar-refractivity contribution in [2.45, 2.75) is 0 Å². The van der Waals surface area contributed by atoms with Gasteiger partial charge in [-0.15, -0.1) is 0 Å². The number of nitrogens with two attached hydrogens (primary N) is 3. The topological polar surface area (TPSA) is 299 Å². The molecule has 16 heteroatoms. The maximum absolute atomic E-state index is 8.25. The SMILES string of the molecule is O=[N+]([O-])[O-].O=[N+]([O-])[O-].O=[N+]([O-])[O-].[NH2-].[NH2-].[NH2-].[Rh+3]. The van der Waals surface area contributed by atoms with Crippen molar-refractivity contribution in [2.75, 3.05) is 0 Å². The Bertz CT molecular complexity index is 118. The fourth-order valence-electron chi connectivity index (χ4n) is 0. The Morgan fingerprint density at radius 3 is 0.500 bits per heavy atom. The minimum Gasteiger partial charge on any atom is -0.693 e. The first-order valence-electron chi connectivity index (χ1n) is 1.64. The Hall–Kier alpha value is -1.90. The van der Waals surface area contributed by atoms with E-state index in [0.717, 1.165) is 0 Å². The molecule has 0 spiro atoms. The van der Waals surface area contributed by atoms with Crippen LogP contribution < -0.4 is 0 Å². The van der Waals surface area contributed by atoms with Crippen LogP contribution >= 0.6 is 0 Å². The van der Waals surface area contributed by atoms with Crippen LogP contribution in [0.2, 0.25) is 0 Å². The molecular formula is H6N6O9Rh-3. The molecule has 0 fully saturated rings. The van der Waals surface area contributed by atoms with Gasteiger partial charge in [0.1, 0.15) is 0 Å². The summed E-state index contributed by atoms with van der Waals surface area (Å²) in [6.45, 7) is 0. The van der Waals surface area contributed by atoms with E-state index in [9.17, 15) is 0 Å². The predicted molar refractivity (Wildman–Crippen MR) is 46.9 cm³/mol. The van der Waals surface area contributed by atoms with Gasteiger partial charge in [0.05, 0.1) is 15.3 Å². The first kappa shape index (κ1) is 48.0. The molecule has 0 saturated carbocycles. The third-order valence-electron chi connectivity index (χ3n) is 0. The van der Waals surface area contributed by atoms with Crippen LogP contribution in [0.4, 0.5) is 0 Å². The van der Waals surface area contributed by atoms with E-state index in [4.69, 9.17) is 46.0 Å². The zero-order chi connectivity index (χ0) is 10.7. The molecule has 0 rings (SSSR count). The molecule has 0 aromatic heterocycles. The molecule has 0 saturated heterocycles. The summed E-state index contributed by atoms with van der Waals surface area (Å²) in [5, 5.41) is 44.2. The Kier molecular flexibility index (Phi) is 114. The van der Waals surface area contributed by atoms with Crippen molar-refractivity contribution in [1.82, 2.24) is 0 Å². The van der Waals surface area contributed by atoms with Crippen molar-refractivity contribution in [1.29, 1.82) is 0 Å². The van der Waals surface area contributed by atoms with Crippen LogP contribution in [0.15, 0.2) is 0 Å². The molecule has 0 atom stereocenters. The molecule has 0 aromatic rings. The van der Waals surface area contributed by atoms with Gasteiger partial charge < -0.3 is 64.4 Å². The van der Waals surface area contributed by atoms with E-state index >= 15 is 0 Å². The number of hydrogen-bond acceptors (Lipinski definition) is 9. The first-order chi connectivity index (χ1) is 5.20. The van der Waals surface area contributed by atoms with Gasteiger partial charge in [-0.25, -0.2) is 0 Å². The summed E-state index contributed by atoms with van der Waals surface area (Å²) in [5.74, 6) is 0. The van der Waals surface area contributed by atoms with Crippen molar-refractivity contribution in [3.63, 3.8) is 0 Å². The summed E-state index contributed by atoms with van der Waals surface area (Å²) >= 11 is 0. The zero-order valence-electron chi connectivity index (χ0n) is 7.08. The smallest absolute Gasteiger partial charge is 0.693 e. The largest absolute Gasteiger partial charge is 3.00 e. The minimum absolute atomic E-state index is 0. The Balaban J connectivity index is -0.0000000135. The Morgan fingerprint density at radius 2 is 0.500 bits per heavy atom. The van der Waals surface area contributed by atoms with Gasteiger partial charge in [-0.3, -0.25) is 0 Å². The molecule has 0 bridgehead atoms. The average Bonchev–Trinajstić information content (AvgIpc) is 1.54. The van der Waals surface area contributed by atoms with Gasteiger partial charge in [0.15, 0.2) is 0 Å². The van der Waals surface area contributed by atoms with E-state index in [0.29, 0.717) is 0 Å². The third kappa shape index (κ3) is 415. The van der Waals surface area contributed by atoms with Gasteiger partial charge in [-0.1, -0.05) is 0 Å².